The van der Waals surface area contributed by atoms with Crippen LogP contribution in [0.1, 0.15) is 22.1 Å². The Bertz CT molecular complexity index is 481. The van der Waals surface area contributed by atoms with Crippen LogP contribution in [0.5, 0.6) is 0 Å². The summed E-state index contributed by atoms with van der Waals surface area (Å²) < 4.78 is 4.67. The summed E-state index contributed by atoms with van der Waals surface area (Å²) in [6.45, 7) is 0. The summed E-state index contributed by atoms with van der Waals surface area (Å²) in [7, 11) is 1.33. The first-order valence-corrected chi connectivity index (χ1v) is 4.63. The molecule has 0 aliphatic carbocycles. The van der Waals surface area contributed by atoms with Crippen molar-refractivity contribution < 1.29 is 9.53 Å². The summed E-state index contributed by atoms with van der Waals surface area (Å²) in [6, 6.07) is 6.94. The average Bonchev–Trinajstić information content (AvgIpc) is 2.75. The molecule has 0 radical (unpaired) electrons. The van der Waals surface area contributed by atoms with Gasteiger partial charge in [-0.2, -0.15) is 5.11 Å². The lowest BCUT2D eigenvalue weighted by atomic mass is 10.1. The van der Waals surface area contributed by atoms with Crippen molar-refractivity contribution in [3.8, 4) is 0 Å². The van der Waals surface area contributed by atoms with E-state index in [0.717, 1.165) is 0 Å². The zero-order valence-electron chi connectivity index (χ0n) is 8.62. The van der Waals surface area contributed by atoms with Gasteiger partial charge in [0.25, 0.3) is 0 Å². The number of ether oxygens (including phenoxy) is 1. The van der Waals surface area contributed by atoms with E-state index < -0.39 is 12.1 Å². The zero-order valence-corrected chi connectivity index (χ0v) is 8.62. The number of rotatable bonds is 2. The Morgan fingerprint density at radius 3 is 2.81 bits per heavy atom. The Morgan fingerprint density at radius 2 is 2.19 bits per heavy atom. The molecule has 0 aromatic heterocycles. The standard InChI is InChI=1S/C10H10N4O2/c1-16-9(15)7-5-3-2-4-6(7)8-12-10(11)14-13-8/h2-5,8H,1H3,(H2,11,12). The lowest BCUT2D eigenvalue weighted by molar-refractivity contribution is 0.0599. The number of guanidine groups is 1. The Hall–Kier alpha value is -2.24. The van der Waals surface area contributed by atoms with Gasteiger partial charge in [0, 0.05) is 5.56 Å². The van der Waals surface area contributed by atoms with Crippen LogP contribution >= 0.6 is 0 Å². The third kappa shape index (κ3) is 1.77. The molecular formula is C10H10N4O2. The van der Waals surface area contributed by atoms with E-state index in [2.05, 4.69) is 20.0 Å². The number of hydrogen-bond donors (Lipinski definition) is 1. The molecule has 0 saturated heterocycles. The third-order valence-electron chi connectivity index (χ3n) is 2.17. The number of azo groups is 1. The number of carbonyl (C=O) groups excluding carboxylic acids is 1. The van der Waals surface area contributed by atoms with Crippen molar-refractivity contribution in [1.82, 2.24) is 0 Å². The number of nitrogens with two attached hydrogens (primary N) is 1. The zero-order chi connectivity index (χ0) is 11.5. The predicted molar refractivity (Wildman–Crippen MR) is 57.0 cm³/mol. The number of esters is 1. The highest BCUT2D eigenvalue weighted by Gasteiger charge is 2.21. The highest BCUT2D eigenvalue weighted by atomic mass is 16.5. The smallest absolute Gasteiger partial charge is 0.338 e. The maximum Gasteiger partial charge on any atom is 0.338 e. The fourth-order valence-electron chi connectivity index (χ4n) is 1.44. The summed E-state index contributed by atoms with van der Waals surface area (Å²) in [5.74, 6) is -0.309. The van der Waals surface area contributed by atoms with Gasteiger partial charge in [0.1, 0.15) is 0 Å². The quantitative estimate of drug-likeness (QED) is 0.757. The van der Waals surface area contributed by atoms with Gasteiger partial charge in [0.15, 0.2) is 6.17 Å². The van der Waals surface area contributed by atoms with Crippen LogP contribution in [-0.2, 0) is 4.74 Å². The van der Waals surface area contributed by atoms with Gasteiger partial charge in [-0.1, -0.05) is 18.2 Å². The third-order valence-corrected chi connectivity index (χ3v) is 2.17. The minimum Gasteiger partial charge on any atom is -0.465 e. The minimum absolute atomic E-state index is 0.115. The van der Waals surface area contributed by atoms with Gasteiger partial charge in [-0.05, 0) is 6.07 Å². The molecule has 1 heterocycles. The van der Waals surface area contributed by atoms with Crippen molar-refractivity contribution in [2.24, 2.45) is 21.0 Å². The maximum absolute atomic E-state index is 11.5. The van der Waals surface area contributed by atoms with E-state index in [9.17, 15) is 4.79 Å². The monoisotopic (exact) mass is 218 g/mol. The number of hydrogen-bond acceptors (Lipinski definition) is 6. The van der Waals surface area contributed by atoms with Gasteiger partial charge in [-0.3, -0.25) is 0 Å². The summed E-state index contributed by atoms with van der Waals surface area (Å²) in [6.07, 6.45) is -0.546. The maximum atomic E-state index is 11.5. The van der Waals surface area contributed by atoms with Gasteiger partial charge < -0.3 is 10.5 Å². The molecule has 0 bridgehead atoms. The molecule has 0 fully saturated rings. The Kier molecular flexibility index (Phi) is 2.63. The first-order chi connectivity index (χ1) is 7.72. The fraction of sp³-hybridized carbons (Fsp3) is 0.200. The predicted octanol–water partition coefficient (Wildman–Crippen LogP) is 1.25. The molecule has 1 aromatic carbocycles. The molecule has 1 aromatic rings. The van der Waals surface area contributed by atoms with Crippen molar-refractivity contribution in [2.45, 2.75) is 6.17 Å². The Labute approximate surface area is 91.8 Å². The van der Waals surface area contributed by atoms with Crippen molar-refractivity contribution in [3.63, 3.8) is 0 Å². The first kappa shape index (κ1) is 10.3. The van der Waals surface area contributed by atoms with Gasteiger partial charge in [-0.25, -0.2) is 9.79 Å². The van der Waals surface area contributed by atoms with Crippen molar-refractivity contribution in [1.29, 1.82) is 0 Å². The molecule has 2 N–H and O–H groups in total. The van der Waals surface area contributed by atoms with Crippen molar-refractivity contribution in [2.75, 3.05) is 7.11 Å². The van der Waals surface area contributed by atoms with Gasteiger partial charge in [0.05, 0.1) is 12.7 Å². The summed E-state index contributed by atoms with van der Waals surface area (Å²) in [5, 5.41) is 7.47. The van der Waals surface area contributed by atoms with E-state index in [1.807, 2.05) is 0 Å². The van der Waals surface area contributed by atoms with E-state index in [1.54, 1.807) is 24.3 Å². The Morgan fingerprint density at radius 1 is 1.44 bits per heavy atom. The molecule has 0 amide bonds. The van der Waals surface area contributed by atoms with Crippen LogP contribution in [0.25, 0.3) is 0 Å². The molecule has 1 unspecified atom stereocenters. The number of nitrogens with zero attached hydrogens (tertiary/aromatic N) is 3. The Balaban J connectivity index is 2.41. The second-order valence-corrected chi connectivity index (χ2v) is 3.16. The van der Waals surface area contributed by atoms with Crippen LogP contribution in [0.3, 0.4) is 0 Å². The van der Waals surface area contributed by atoms with Crippen LogP contribution in [0, 0.1) is 0 Å². The lowest BCUT2D eigenvalue weighted by Gasteiger charge is -2.08. The molecular weight excluding hydrogens is 208 g/mol. The SMILES string of the molecule is COC(=O)c1ccccc1C1N=NC(N)=N1. The van der Waals surface area contributed by atoms with E-state index in [4.69, 9.17) is 5.73 Å². The van der Waals surface area contributed by atoms with Gasteiger partial charge >= 0.3 is 5.97 Å². The summed E-state index contributed by atoms with van der Waals surface area (Å²) >= 11 is 0. The lowest BCUT2D eigenvalue weighted by Crippen LogP contribution is -2.08. The molecule has 0 spiro atoms. The van der Waals surface area contributed by atoms with Gasteiger partial charge in [0.2, 0.25) is 5.96 Å². The largest absolute Gasteiger partial charge is 0.465 e. The van der Waals surface area contributed by atoms with E-state index in [0.29, 0.717) is 11.1 Å². The number of aliphatic imine (C=N–C) groups is 1. The number of benzene rings is 1. The molecule has 6 nitrogen and oxygen atoms in total. The normalized spacial score (nSPS) is 18.3. The number of methoxy groups -OCH3 is 1. The van der Waals surface area contributed by atoms with Crippen LogP contribution < -0.4 is 5.73 Å². The summed E-state index contributed by atoms with van der Waals surface area (Å²) in [5.41, 5.74) is 6.46. The van der Waals surface area contributed by atoms with Gasteiger partial charge in [-0.15, -0.1) is 5.11 Å². The highest BCUT2D eigenvalue weighted by molar-refractivity contribution is 5.91. The topological polar surface area (TPSA) is 89.4 Å². The van der Waals surface area contributed by atoms with Crippen molar-refractivity contribution >= 4 is 11.9 Å². The highest BCUT2D eigenvalue weighted by Crippen LogP contribution is 2.26. The van der Waals surface area contributed by atoms with Crippen molar-refractivity contribution in [3.05, 3.63) is 35.4 Å². The molecule has 0 saturated carbocycles. The number of carbonyl (C=O) groups is 1. The van der Waals surface area contributed by atoms with Crippen LogP contribution in [-0.4, -0.2) is 19.0 Å². The first-order valence-electron chi connectivity index (χ1n) is 4.63. The second kappa shape index (κ2) is 4.09. The molecule has 6 heteroatoms. The van der Waals surface area contributed by atoms with E-state index >= 15 is 0 Å². The summed E-state index contributed by atoms with van der Waals surface area (Å²) in [4.78, 5) is 15.5. The molecule has 82 valence electrons. The molecule has 1 aliphatic heterocycles. The fourth-order valence-corrected chi connectivity index (χ4v) is 1.44. The van der Waals surface area contributed by atoms with Crippen LogP contribution in [0.15, 0.2) is 39.5 Å². The minimum atomic E-state index is -0.546. The molecule has 1 aliphatic rings. The molecule has 2 rings (SSSR count). The molecule has 1 atom stereocenters. The average molecular weight is 218 g/mol. The van der Waals surface area contributed by atoms with E-state index in [-0.39, 0.29) is 5.96 Å². The van der Waals surface area contributed by atoms with Crippen LogP contribution in [0.2, 0.25) is 0 Å². The van der Waals surface area contributed by atoms with Crippen LogP contribution in [0.4, 0.5) is 0 Å². The molecule has 16 heavy (non-hydrogen) atoms. The second-order valence-electron chi connectivity index (χ2n) is 3.16. The van der Waals surface area contributed by atoms with E-state index in [1.165, 1.54) is 7.11 Å².